The van der Waals surface area contributed by atoms with Gasteiger partial charge < -0.3 is 10.2 Å². The smallest absolute Gasteiger partial charge is 0.253 e. The van der Waals surface area contributed by atoms with Crippen molar-refractivity contribution in [2.75, 3.05) is 29.9 Å². The van der Waals surface area contributed by atoms with E-state index in [1.165, 1.54) is 0 Å². The van der Waals surface area contributed by atoms with Crippen molar-refractivity contribution >= 4 is 23.4 Å². The Morgan fingerprint density at radius 3 is 2.75 bits per heavy atom. The van der Waals surface area contributed by atoms with Gasteiger partial charge in [0, 0.05) is 42.4 Å². The molecule has 1 amide bonds. The van der Waals surface area contributed by atoms with Gasteiger partial charge in [0.1, 0.15) is 0 Å². The van der Waals surface area contributed by atoms with E-state index in [9.17, 15) is 4.79 Å². The first kappa shape index (κ1) is 16.4. The standard InChI is InChI=1S/C19H19N3OS/c20-13-15-3-1-4-16(11-15)14-21-18-6-2-5-17(12-18)19(23)22-7-9-24-10-8-22/h1-6,11-12,21H,7-10,14H2. The van der Waals surface area contributed by atoms with E-state index in [2.05, 4.69) is 11.4 Å². The van der Waals surface area contributed by atoms with E-state index >= 15 is 0 Å². The average Bonchev–Trinajstić information content (AvgIpc) is 2.67. The molecule has 5 heteroatoms. The van der Waals surface area contributed by atoms with Crippen LogP contribution in [-0.4, -0.2) is 35.4 Å². The Bertz CT molecular complexity index is 763. The normalized spacial score (nSPS) is 14.0. The van der Waals surface area contributed by atoms with Gasteiger partial charge in [0.25, 0.3) is 5.91 Å². The Morgan fingerprint density at radius 1 is 1.17 bits per heavy atom. The lowest BCUT2D eigenvalue weighted by Gasteiger charge is -2.26. The highest BCUT2D eigenvalue weighted by Gasteiger charge is 2.18. The van der Waals surface area contributed by atoms with Crippen LogP contribution in [0.2, 0.25) is 0 Å². The molecule has 1 saturated heterocycles. The van der Waals surface area contributed by atoms with Crippen LogP contribution in [0.25, 0.3) is 0 Å². The van der Waals surface area contributed by atoms with Crippen LogP contribution >= 0.6 is 11.8 Å². The number of anilines is 1. The Morgan fingerprint density at radius 2 is 1.96 bits per heavy atom. The Kier molecular flexibility index (Phi) is 5.39. The van der Waals surface area contributed by atoms with E-state index in [0.717, 1.165) is 41.4 Å². The topological polar surface area (TPSA) is 56.1 Å². The largest absolute Gasteiger partial charge is 0.381 e. The van der Waals surface area contributed by atoms with Crippen LogP contribution in [0.1, 0.15) is 21.5 Å². The second-order valence-electron chi connectivity index (χ2n) is 5.65. The molecule has 1 heterocycles. The van der Waals surface area contributed by atoms with E-state index in [4.69, 9.17) is 5.26 Å². The minimum Gasteiger partial charge on any atom is -0.381 e. The highest BCUT2D eigenvalue weighted by Crippen LogP contribution is 2.17. The zero-order valence-corrected chi connectivity index (χ0v) is 14.2. The molecule has 0 bridgehead atoms. The molecular weight excluding hydrogens is 318 g/mol. The molecule has 24 heavy (non-hydrogen) atoms. The fourth-order valence-electron chi connectivity index (χ4n) is 2.67. The molecule has 3 rings (SSSR count). The molecule has 0 unspecified atom stereocenters. The summed E-state index contributed by atoms with van der Waals surface area (Å²) in [7, 11) is 0. The summed E-state index contributed by atoms with van der Waals surface area (Å²) in [5.74, 6) is 2.13. The van der Waals surface area contributed by atoms with E-state index < -0.39 is 0 Å². The van der Waals surface area contributed by atoms with Crippen molar-refractivity contribution in [3.8, 4) is 6.07 Å². The van der Waals surface area contributed by atoms with Gasteiger partial charge in [-0.1, -0.05) is 18.2 Å². The number of thioether (sulfide) groups is 1. The third-order valence-electron chi connectivity index (χ3n) is 3.96. The van der Waals surface area contributed by atoms with Gasteiger partial charge in [-0.05, 0) is 35.9 Å². The summed E-state index contributed by atoms with van der Waals surface area (Å²) in [5.41, 5.74) is 3.33. The Labute approximate surface area is 146 Å². The number of carbonyl (C=O) groups is 1. The van der Waals surface area contributed by atoms with Crippen molar-refractivity contribution in [1.29, 1.82) is 5.26 Å². The predicted octanol–water partition coefficient (Wildman–Crippen LogP) is 3.36. The quantitative estimate of drug-likeness (QED) is 0.929. The summed E-state index contributed by atoms with van der Waals surface area (Å²) >= 11 is 1.89. The first-order valence-electron chi connectivity index (χ1n) is 7.96. The molecule has 0 aliphatic carbocycles. The van der Waals surface area contributed by atoms with Crippen LogP contribution in [0.5, 0.6) is 0 Å². The molecule has 2 aromatic rings. The minimum absolute atomic E-state index is 0.102. The number of carbonyl (C=O) groups excluding carboxylic acids is 1. The van der Waals surface area contributed by atoms with Crippen molar-refractivity contribution in [2.24, 2.45) is 0 Å². The van der Waals surface area contributed by atoms with Gasteiger partial charge in [-0.2, -0.15) is 17.0 Å². The van der Waals surface area contributed by atoms with Gasteiger partial charge in [0.05, 0.1) is 11.6 Å². The van der Waals surface area contributed by atoms with Gasteiger partial charge in [0.15, 0.2) is 0 Å². The number of benzene rings is 2. The summed E-state index contributed by atoms with van der Waals surface area (Å²) in [5, 5.41) is 12.3. The zero-order chi connectivity index (χ0) is 16.8. The maximum atomic E-state index is 12.6. The number of rotatable bonds is 4. The number of nitrogens with one attached hydrogen (secondary N) is 1. The van der Waals surface area contributed by atoms with Gasteiger partial charge in [-0.15, -0.1) is 0 Å². The molecule has 0 aromatic heterocycles. The first-order chi connectivity index (χ1) is 11.8. The molecule has 4 nitrogen and oxygen atoms in total. The van der Waals surface area contributed by atoms with Gasteiger partial charge in [0.2, 0.25) is 0 Å². The fraction of sp³-hybridized carbons (Fsp3) is 0.263. The van der Waals surface area contributed by atoms with Crippen LogP contribution in [0.4, 0.5) is 5.69 Å². The molecule has 0 atom stereocenters. The number of nitriles is 1. The fourth-order valence-corrected chi connectivity index (χ4v) is 3.57. The highest BCUT2D eigenvalue weighted by atomic mass is 32.2. The lowest BCUT2D eigenvalue weighted by Crippen LogP contribution is -2.37. The van der Waals surface area contributed by atoms with Crippen LogP contribution in [0, 0.1) is 11.3 Å². The summed E-state index contributed by atoms with van der Waals surface area (Å²) in [6.07, 6.45) is 0. The van der Waals surface area contributed by atoms with Crippen LogP contribution in [0.15, 0.2) is 48.5 Å². The van der Waals surface area contributed by atoms with Crippen molar-refractivity contribution < 1.29 is 4.79 Å². The summed E-state index contributed by atoms with van der Waals surface area (Å²) in [4.78, 5) is 14.5. The molecule has 2 aromatic carbocycles. The third kappa shape index (κ3) is 4.09. The van der Waals surface area contributed by atoms with Gasteiger partial charge >= 0.3 is 0 Å². The van der Waals surface area contributed by atoms with Crippen molar-refractivity contribution in [2.45, 2.75) is 6.54 Å². The van der Waals surface area contributed by atoms with Gasteiger partial charge in [-0.3, -0.25) is 4.79 Å². The zero-order valence-electron chi connectivity index (χ0n) is 13.4. The summed E-state index contributed by atoms with van der Waals surface area (Å²) in [6.45, 7) is 2.26. The third-order valence-corrected chi connectivity index (χ3v) is 4.90. The van der Waals surface area contributed by atoms with Crippen molar-refractivity contribution in [1.82, 2.24) is 4.90 Å². The maximum Gasteiger partial charge on any atom is 0.253 e. The van der Waals surface area contributed by atoms with E-state index in [0.29, 0.717) is 12.1 Å². The van der Waals surface area contributed by atoms with Crippen LogP contribution in [-0.2, 0) is 6.54 Å². The summed E-state index contributed by atoms with van der Waals surface area (Å²) < 4.78 is 0. The molecule has 1 aliphatic rings. The Balaban J connectivity index is 1.66. The second-order valence-corrected chi connectivity index (χ2v) is 6.88. The summed E-state index contributed by atoms with van der Waals surface area (Å²) in [6, 6.07) is 17.3. The maximum absolute atomic E-state index is 12.6. The number of nitrogens with zero attached hydrogens (tertiary/aromatic N) is 2. The number of hydrogen-bond acceptors (Lipinski definition) is 4. The van der Waals surface area contributed by atoms with Crippen molar-refractivity contribution in [3.63, 3.8) is 0 Å². The molecule has 0 spiro atoms. The van der Waals surface area contributed by atoms with Crippen LogP contribution in [0.3, 0.4) is 0 Å². The molecule has 122 valence electrons. The van der Waals surface area contributed by atoms with E-state index in [1.807, 2.05) is 59.1 Å². The molecule has 1 aliphatic heterocycles. The van der Waals surface area contributed by atoms with E-state index in [-0.39, 0.29) is 5.91 Å². The Hall–Kier alpha value is -2.45. The molecular formula is C19H19N3OS. The predicted molar refractivity (Wildman–Crippen MR) is 98.2 cm³/mol. The van der Waals surface area contributed by atoms with E-state index in [1.54, 1.807) is 6.07 Å². The lowest BCUT2D eigenvalue weighted by atomic mass is 10.1. The molecule has 0 radical (unpaired) electrons. The molecule has 1 fully saturated rings. The van der Waals surface area contributed by atoms with Crippen molar-refractivity contribution in [3.05, 3.63) is 65.2 Å². The number of amides is 1. The monoisotopic (exact) mass is 337 g/mol. The lowest BCUT2D eigenvalue weighted by molar-refractivity contribution is 0.0772. The number of hydrogen-bond donors (Lipinski definition) is 1. The SMILES string of the molecule is N#Cc1cccc(CNc2cccc(C(=O)N3CCSCC3)c2)c1. The molecule has 1 N–H and O–H groups in total. The molecule has 0 saturated carbocycles. The second kappa shape index (κ2) is 7.89. The highest BCUT2D eigenvalue weighted by molar-refractivity contribution is 7.99. The average molecular weight is 337 g/mol. The minimum atomic E-state index is 0.102. The first-order valence-corrected chi connectivity index (χ1v) is 9.12. The van der Waals surface area contributed by atoms with Gasteiger partial charge in [-0.25, -0.2) is 0 Å². The van der Waals surface area contributed by atoms with Crippen LogP contribution < -0.4 is 5.32 Å².